The molecule has 0 saturated carbocycles. The lowest BCUT2D eigenvalue weighted by Gasteiger charge is -2.47. The zero-order valence-electron chi connectivity index (χ0n) is 25.8. The Bertz CT molecular complexity index is 699. The van der Waals surface area contributed by atoms with E-state index in [1.54, 1.807) is 11.1 Å². The minimum atomic E-state index is 0.254. The van der Waals surface area contributed by atoms with Crippen molar-refractivity contribution in [2.45, 2.75) is 140 Å². The third-order valence-corrected chi connectivity index (χ3v) is 9.03. The van der Waals surface area contributed by atoms with Gasteiger partial charge in [0.05, 0.1) is 0 Å². The monoisotopic (exact) mass is 482 g/mol. The van der Waals surface area contributed by atoms with E-state index in [1.807, 2.05) is 0 Å². The molecular weight excluding hydrogens is 420 g/mol. The molecule has 35 heavy (non-hydrogen) atoms. The van der Waals surface area contributed by atoms with Crippen LogP contribution in [-0.2, 0) is 0 Å². The normalized spacial score (nSPS) is 23.5. The van der Waals surface area contributed by atoms with Gasteiger partial charge in [-0.2, -0.15) is 0 Å². The lowest BCUT2D eigenvalue weighted by molar-refractivity contribution is 0.183. The van der Waals surface area contributed by atoms with Gasteiger partial charge in [0, 0.05) is 5.41 Å². The Hall–Kier alpha value is -1.04. The Morgan fingerprint density at radius 3 is 1.51 bits per heavy atom. The van der Waals surface area contributed by atoms with E-state index in [9.17, 15) is 0 Å². The van der Waals surface area contributed by atoms with E-state index in [0.717, 1.165) is 23.7 Å². The maximum absolute atomic E-state index is 2.54. The van der Waals surface area contributed by atoms with Crippen LogP contribution in [0.3, 0.4) is 0 Å². The maximum atomic E-state index is 2.54. The predicted molar refractivity (Wildman–Crippen MR) is 161 cm³/mol. The van der Waals surface area contributed by atoms with Gasteiger partial charge in [0.25, 0.3) is 0 Å². The van der Waals surface area contributed by atoms with Gasteiger partial charge in [0.15, 0.2) is 0 Å². The molecule has 0 aliphatic heterocycles. The van der Waals surface area contributed by atoms with Crippen molar-refractivity contribution in [3.8, 4) is 0 Å². The molecule has 0 bridgehead atoms. The van der Waals surface area contributed by atoms with Gasteiger partial charge in [-0.1, -0.05) is 111 Å². The third kappa shape index (κ3) is 9.74. The third-order valence-electron chi connectivity index (χ3n) is 9.03. The molecule has 0 nitrogen and oxygen atoms in total. The Balaban J connectivity index is 3.25. The zero-order valence-corrected chi connectivity index (χ0v) is 25.8. The molecule has 0 spiro atoms. The molecule has 0 fully saturated rings. The van der Waals surface area contributed by atoms with Gasteiger partial charge in [-0.05, 0) is 105 Å². The van der Waals surface area contributed by atoms with Gasteiger partial charge >= 0.3 is 0 Å². The first-order valence-corrected chi connectivity index (χ1v) is 15.2. The van der Waals surface area contributed by atoms with Gasteiger partial charge in [-0.25, -0.2) is 0 Å². The number of hydrogen-bond acceptors (Lipinski definition) is 0. The molecule has 202 valence electrons. The van der Waals surface area contributed by atoms with Crippen LogP contribution in [0.5, 0.6) is 0 Å². The van der Waals surface area contributed by atoms with Gasteiger partial charge in [-0.3, -0.25) is 0 Å². The standard InChI is InChI=1S/C35H62/c1-12-16-33-30(9)31(10)34(17-13-2)35(32(33)11,24-22-28(7)20-14-18-26(3)4)25-23-29(8)21-15-19-27(5)6/h12-13,16-17,26-29,32H,14-15,18-25H2,1-11H3/b16-12-,17-13-. The number of rotatable bonds is 16. The summed E-state index contributed by atoms with van der Waals surface area (Å²) in [7, 11) is 0. The molecule has 0 aromatic heterocycles. The summed E-state index contributed by atoms with van der Waals surface area (Å²) < 4.78 is 0. The van der Waals surface area contributed by atoms with Crippen molar-refractivity contribution in [1.29, 1.82) is 0 Å². The molecule has 1 rings (SSSR count). The van der Waals surface area contributed by atoms with Crippen LogP contribution in [0, 0.1) is 35.0 Å². The predicted octanol–water partition coefficient (Wildman–Crippen LogP) is 11.9. The molecule has 0 aromatic rings. The van der Waals surface area contributed by atoms with Gasteiger partial charge in [-0.15, -0.1) is 0 Å². The molecular formula is C35H62. The average molecular weight is 483 g/mol. The topological polar surface area (TPSA) is 0 Å². The van der Waals surface area contributed by atoms with Crippen LogP contribution in [0.4, 0.5) is 0 Å². The van der Waals surface area contributed by atoms with Crippen molar-refractivity contribution in [2.24, 2.45) is 35.0 Å². The SMILES string of the molecule is C/C=C\C1=C(C)C(C)=C(/C=C\C)C(CCC(C)CCCC(C)C)(CCC(C)CCCC(C)C)C1C. The van der Waals surface area contributed by atoms with E-state index in [4.69, 9.17) is 0 Å². The minimum Gasteiger partial charge on any atom is -0.0874 e. The first-order valence-electron chi connectivity index (χ1n) is 15.2. The first kappa shape index (κ1) is 32.0. The van der Waals surface area contributed by atoms with Crippen molar-refractivity contribution in [3.05, 3.63) is 46.6 Å². The number of hydrogen-bond donors (Lipinski definition) is 0. The lowest BCUT2D eigenvalue weighted by Crippen LogP contribution is -2.36. The molecule has 3 unspecified atom stereocenters. The molecule has 0 radical (unpaired) electrons. The van der Waals surface area contributed by atoms with Crippen LogP contribution in [0.15, 0.2) is 46.6 Å². The second-order valence-electron chi connectivity index (χ2n) is 12.9. The second kappa shape index (κ2) is 15.9. The summed E-state index contributed by atoms with van der Waals surface area (Å²) in [4.78, 5) is 0. The summed E-state index contributed by atoms with van der Waals surface area (Å²) >= 11 is 0. The summed E-state index contributed by atoms with van der Waals surface area (Å²) in [5, 5.41) is 0. The highest BCUT2D eigenvalue weighted by Crippen LogP contribution is 2.55. The minimum absolute atomic E-state index is 0.254. The summed E-state index contributed by atoms with van der Waals surface area (Å²) in [5.41, 5.74) is 6.52. The Morgan fingerprint density at radius 2 is 1.11 bits per heavy atom. The van der Waals surface area contributed by atoms with Crippen molar-refractivity contribution in [2.75, 3.05) is 0 Å². The number of allylic oxidation sites excluding steroid dienone is 8. The van der Waals surface area contributed by atoms with Crippen LogP contribution in [0.25, 0.3) is 0 Å². The highest BCUT2D eigenvalue weighted by Gasteiger charge is 2.43. The van der Waals surface area contributed by atoms with Gasteiger partial charge in [0.1, 0.15) is 0 Å². The first-order chi connectivity index (χ1) is 16.5. The molecule has 0 aromatic carbocycles. The van der Waals surface area contributed by atoms with E-state index in [0.29, 0.717) is 5.92 Å². The van der Waals surface area contributed by atoms with Crippen LogP contribution in [-0.4, -0.2) is 0 Å². The molecule has 0 N–H and O–H groups in total. The van der Waals surface area contributed by atoms with E-state index in [-0.39, 0.29) is 5.41 Å². The molecule has 0 amide bonds. The smallest absolute Gasteiger partial charge is 0.00219 e. The van der Waals surface area contributed by atoms with E-state index >= 15 is 0 Å². The Kier molecular flexibility index (Phi) is 14.6. The van der Waals surface area contributed by atoms with Crippen LogP contribution in [0.1, 0.15) is 140 Å². The Labute approximate surface area is 221 Å². The molecule has 0 heterocycles. The highest BCUT2D eigenvalue weighted by atomic mass is 14.5. The van der Waals surface area contributed by atoms with Crippen molar-refractivity contribution in [1.82, 2.24) is 0 Å². The molecule has 1 aliphatic carbocycles. The molecule has 3 atom stereocenters. The summed E-state index contributed by atoms with van der Waals surface area (Å²) in [5.74, 6) is 3.84. The quantitative estimate of drug-likeness (QED) is 0.205. The lowest BCUT2D eigenvalue weighted by atomic mass is 9.57. The Morgan fingerprint density at radius 1 is 0.657 bits per heavy atom. The van der Waals surface area contributed by atoms with Crippen LogP contribution >= 0.6 is 0 Å². The van der Waals surface area contributed by atoms with Crippen molar-refractivity contribution >= 4 is 0 Å². The van der Waals surface area contributed by atoms with Gasteiger partial charge < -0.3 is 0 Å². The van der Waals surface area contributed by atoms with Gasteiger partial charge in [0.2, 0.25) is 0 Å². The second-order valence-corrected chi connectivity index (χ2v) is 12.9. The fraction of sp³-hybridized carbons (Fsp3) is 0.771. The summed E-state index contributed by atoms with van der Waals surface area (Å²) in [6, 6.07) is 0. The van der Waals surface area contributed by atoms with Crippen molar-refractivity contribution in [3.63, 3.8) is 0 Å². The highest BCUT2D eigenvalue weighted by molar-refractivity contribution is 5.52. The van der Waals surface area contributed by atoms with Crippen LogP contribution < -0.4 is 0 Å². The van der Waals surface area contributed by atoms with E-state index in [2.05, 4.69) is 100 Å². The fourth-order valence-electron chi connectivity index (χ4n) is 6.43. The molecule has 0 heteroatoms. The van der Waals surface area contributed by atoms with E-state index in [1.165, 1.54) is 75.4 Å². The van der Waals surface area contributed by atoms with Crippen molar-refractivity contribution < 1.29 is 0 Å². The van der Waals surface area contributed by atoms with Crippen LogP contribution in [0.2, 0.25) is 0 Å². The van der Waals surface area contributed by atoms with E-state index < -0.39 is 0 Å². The fourth-order valence-corrected chi connectivity index (χ4v) is 6.43. The molecule has 0 saturated heterocycles. The zero-order chi connectivity index (χ0) is 26.6. The maximum Gasteiger partial charge on any atom is 0.00219 e. The average Bonchev–Trinajstić information content (AvgIpc) is 2.79. The summed E-state index contributed by atoms with van der Waals surface area (Å²) in [6.45, 7) is 26.2. The largest absolute Gasteiger partial charge is 0.0874 e. The summed E-state index contributed by atoms with van der Waals surface area (Å²) in [6.07, 6.45) is 23.1. The molecule has 1 aliphatic rings.